The number of carbonyl (C=O) groups is 2. The molecule has 80 valence electrons. The number of rotatable bonds is 4. The summed E-state index contributed by atoms with van der Waals surface area (Å²) in [5.74, 6) is -0.394. The lowest BCUT2D eigenvalue weighted by Gasteiger charge is -1.98. The van der Waals surface area contributed by atoms with Crippen molar-refractivity contribution in [2.45, 2.75) is 6.42 Å². The summed E-state index contributed by atoms with van der Waals surface area (Å²) in [6, 6.07) is 10.3. The monoisotopic (exact) mass is 214 g/mol. The Labute approximate surface area is 92.7 Å². The summed E-state index contributed by atoms with van der Waals surface area (Å²) in [6.07, 6.45) is 2.64. The molecule has 0 N–H and O–H groups in total. The van der Waals surface area contributed by atoms with Crippen LogP contribution >= 0.6 is 0 Å². The largest absolute Gasteiger partial charge is 0.472 e. The number of benzene rings is 1. The average molecular weight is 214 g/mol. The number of ketones is 2. The van der Waals surface area contributed by atoms with Crippen molar-refractivity contribution in [1.29, 1.82) is 0 Å². The first-order valence-electron chi connectivity index (χ1n) is 4.91. The van der Waals surface area contributed by atoms with Crippen molar-refractivity contribution in [2.75, 3.05) is 0 Å². The van der Waals surface area contributed by atoms with E-state index < -0.39 is 0 Å². The fourth-order valence-corrected chi connectivity index (χ4v) is 1.40. The predicted molar refractivity (Wildman–Crippen MR) is 58.4 cm³/mol. The smallest absolute Gasteiger partial charge is 0.173 e. The third-order valence-electron chi connectivity index (χ3n) is 2.26. The summed E-state index contributed by atoms with van der Waals surface area (Å²) >= 11 is 0. The Bertz CT molecular complexity index is 483. The van der Waals surface area contributed by atoms with Gasteiger partial charge in [0.25, 0.3) is 0 Å². The zero-order valence-corrected chi connectivity index (χ0v) is 8.55. The van der Waals surface area contributed by atoms with Gasteiger partial charge in [0.05, 0.1) is 18.2 Å². The van der Waals surface area contributed by atoms with Crippen molar-refractivity contribution in [1.82, 2.24) is 0 Å². The van der Waals surface area contributed by atoms with Gasteiger partial charge in [0.2, 0.25) is 0 Å². The maximum Gasteiger partial charge on any atom is 0.173 e. The maximum absolute atomic E-state index is 11.7. The average Bonchev–Trinajstić information content (AvgIpc) is 2.83. The normalized spacial score (nSPS) is 10.0. The molecule has 0 bridgehead atoms. The molecule has 0 amide bonds. The second kappa shape index (κ2) is 4.57. The molecular weight excluding hydrogens is 204 g/mol. The van der Waals surface area contributed by atoms with Crippen molar-refractivity contribution < 1.29 is 14.0 Å². The molecule has 16 heavy (non-hydrogen) atoms. The molecule has 0 spiro atoms. The van der Waals surface area contributed by atoms with Gasteiger partial charge in [0.15, 0.2) is 11.6 Å². The second-order valence-corrected chi connectivity index (χ2v) is 3.40. The van der Waals surface area contributed by atoms with E-state index in [0.717, 1.165) is 0 Å². The maximum atomic E-state index is 11.7. The highest BCUT2D eigenvalue weighted by molar-refractivity contribution is 6.13. The van der Waals surface area contributed by atoms with Crippen molar-refractivity contribution in [3.63, 3.8) is 0 Å². The molecule has 0 fully saturated rings. The molecular formula is C13H10O3. The topological polar surface area (TPSA) is 47.3 Å². The first kappa shape index (κ1) is 10.4. The Hall–Kier alpha value is -2.16. The van der Waals surface area contributed by atoms with Crippen LogP contribution in [0.25, 0.3) is 0 Å². The van der Waals surface area contributed by atoms with Crippen LogP contribution in [0.2, 0.25) is 0 Å². The molecule has 0 saturated carbocycles. The molecule has 3 heteroatoms. The molecule has 0 radical (unpaired) electrons. The molecule has 0 unspecified atom stereocenters. The molecule has 3 nitrogen and oxygen atoms in total. The fourth-order valence-electron chi connectivity index (χ4n) is 1.40. The number of hydrogen-bond donors (Lipinski definition) is 0. The van der Waals surface area contributed by atoms with E-state index in [9.17, 15) is 9.59 Å². The van der Waals surface area contributed by atoms with Crippen LogP contribution in [-0.2, 0) is 0 Å². The highest BCUT2D eigenvalue weighted by Gasteiger charge is 2.13. The Morgan fingerprint density at radius 2 is 1.62 bits per heavy atom. The molecule has 0 aliphatic rings. The molecule has 2 rings (SSSR count). The van der Waals surface area contributed by atoms with E-state index >= 15 is 0 Å². The van der Waals surface area contributed by atoms with E-state index in [1.54, 1.807) is 30.3 Å². The first-order valence-corrected chi connectivity index (χ1v) is 4.91. The van der Waals surface area contributed by atoms with Crippen molar-refractivity contribution in [3.05, 3.63) is 60.1 Å². The van der Waals surface area contributed by atoms with Crippen LogP contribution in [0.4, 0.5) is 0 Å². The molecule has 1 aromatic heterocycles. The van der Waals surface area contributed by atoms with E-state index in [0.29, 0.717) is 11.1 Å². The lowest BCUT2D eigenvalue weighted by atomic mass is 10.0. The van der Waals surface area contributed by atoms with Gasteiger partial charge < -0.3 is 4.42 Å². The summed E-state index contributed by atoms with van der Waals surface area (Å²) in [5.41, 5.74) is 0.989. The van der Waals surface area contributed by atoms with E-state index in [-0.39, 0.29) is 18.0 Å². The van der Waals surface area contributed by atoms with Crippen LogP contribution in [0.3, 0.4) is 0 Å². The third-order valence-corrected chi connectivity index (χ3v) is 2.26. The second-order valence-electron chi connectivity index (χ2n) is 3.40. The number of Topliss-reactive ketones (excluding diaryl/α,β-unsaturated/α-hetero) is 2. The molecule has 0 atom stereocenters. The lowest BCUT2D eigenvalue weighted by Crippen LogP contribution is -2.07. The summed E-state index contributed by atoms with van der Waals surface area (Å²) in [5, 5.41) is 0. The quantitative estimate of drug-likeness (QED) is 0.580. The standard InChI is InChI=1S/C13H10O3/c14-12(10-4-2-1-3-5-10)8-13(15)11-6-7-16-9-11/h1-7,9H,8H2. The van der Waals surface area contributed by atoms with Gasteiger partial charge in [-0.05, 0) is 6.07 Å². The molecule has 0 saturated heterocycles. The zero-order valence-electron chi connectivity index (χ0n) is 8.55. The van der Waals surface area contributed by atoms with Crippen LogP contribution in [0, 0.1) is 0 Å². The summed E-state index contributed by atoms with van der Waals surface area (Å²) in [6.45, 7) is 0. The Morgan fingerprint density at radius 3 is 2.25 bits per heavy atom. The molecule has 0 aliphatic carbocycles. The molecule has 1 heterocycles. The molecule has 2 aromatic rings. The third kappa shape index (κ3) is 2.25. The van der Waals surface area contributed by atoms with Gasteiger partial charge in [-0.25, -0.2) is 0 Å². The van der Waals surface area contributed by atoms with Crippen molar-refractivity contribution in [2.24, 2.45) is 0 Å². The Balaban J connectivity index is 2.06. The Morgan fingerprint density at radius 1 is 0.938 bits per heavy atom. The van der Waals surface area contributed by atoms with Crippen LogP contribution in [0.5, 0.6) is 0 Å². The first-order chi connectivity index (χ1) is 7.77. The number of furan rings is 1. The van der Waals surface area contributed by atoms with Gasteiger partial charge in [0, 0.05) is 5.56 Å². The van der Waals surface area contributed by atoms with Gasteiger partial charge in [-0.15, -0.1) is 0 Å². The van der Waals surface area contributed by atoms with E-state index in [4.69, 9.17) is 4.42 Å². The van der Waals surface area contributed by atoms with Crippen LogP contribution in [0.15, 0.2) is 53.3 Å². The van der Waals surface area contributed by atoms with Crippen LogP contribution in [0.1, 0.15) is 27.1 Å². The molecule has 1 aromatic carbocycles. The minimum atomic E-state index is -0.220. The van der Waals surface area contributed by atoms with Gasteiger partial charge in [0.1, 0.15) is 6.26 Å². The van der Waals surface area contributed by atoms with Gasteiger partial charge in [-0.3, -0.25) is 9.59 Å². The van der Waals surface area contributed by atoms with Gasteiger partial charge in [-0.1, -0.05) is 30.3 Å². The van der Waals surface area contributed by atoms with E-state index in [2.05, 4.69) is 0 Å². The lowest BCUT2D eigenvalue weighted by molar-refractivity contribution is 0.0894. The van der Waals surface area contributed by atoms with Gasteiger partial charge in [-0.2, -0.15) is 0 Å². The summed E-state index contributed by atoms with van der Waals surface area (Å²) in [7, 11) is 0. The number of carbonyl (C=O) groups excluding carboxylic acids is 2. The summed E-state index contributed by atoms with van der Waals surface area (Å²) in [4.78, 5) is 23.3. The zero-order chi connectivity index (χ0) is 11.4. The van der Waals surface area contributed by atoms with Gasteiger partial charge >= 0.3 is 0 Å². The highest BCUT2D eigenvalue weighted by atomic mass is 16.3. The van der Waals surface area contributed by atoms with Crippen LogP contribution in [-0.4, -0.2) is 11.6 Å². The minimum Gasteiger partial charge on any atom is -0.472 e. The minimum absolute atomic E-state index is 0.121. The van der Waals surface area contributed by atoms with Crippen molar-refractivity contribution >= 4 is 11.6 Å². The van der Waals surface area contributed by atoms with E-state index in [1.807, 2.05) is 6.07 Å². The predicted octanol–water partition coefficient (Wildman–Crippen LogP) is 2.74. The fraction of sp³-hybridized carbons (Fsp3) is 0.0769. The SMILES string of the molecule is O=C(CC(=O)c1ccoc1)c1ccccc1. The van der Waals surface area contributed by atoms with E-state index in [1.165, 1.54) is 12.5 Å². The Kier molecular flexibility index (Phi) is 2.96. The molecule has 0 aliphatic heterocycles. The summed E-state index contributed by atoms with van der Waals surface area (Å²) < 4.78 is 4.79. The number of hydrogen-bond acceptors (Lipinski definition) is 3. The van der Waals surface area contributed by atoms with Crippen LogP contribution < -0.4 is 0 Å². The van der Waals surface area contributed by atoms with Crippen molar-refractivity contribution in [3.8, 4) is 0 Å². The highest BCUT2D eigenvalue weighted by Crippen LogP contribution is 2.08.